The molecule has 0 N–H and O–H groups in total. The first-order valence-corrected chi connectivity index (χ1v) is 12.7. The molecule has 0 heterocycles. The SMILES string of the molecule is CC1(C)C=Cc2cc3c(cc21)[cH-]c1cc2c(cc13)C=CC2(C)C.C[C](C)=[Zr+2].[C-]1=CC=CC1.[Cl-].[Cl-]. The van der Waals surface area contributed by atoms with E-state index < -0.39 is 0 Å². The van der Waals surface area contributed by atoms with E-state index in [9.17, 15) is 0 Å². The normalized spacial score (nSPS) is 16.7. The first-order chi connectivity index (χ1) is 15.1. The van der Waals surface area contributed by atoms with Crippen LogP contribution < -0.4 is 24.8 Å². The molecule has 3 aliphatic carbocycles. The number of allylic oxidation sites excluding steroid dienone is 6. The molecule has 0 fully saturated rings. The Morgan fingerprint density at radius 1 is 0.824 bits per heavy atom. The molecule has 34 heavy (non-hydrogen) atoms. The van der Waals surface area contributed by atoms with Crippen molar-refractivity contribution < 1.29 is 49.0 Å². The minimum atomic E-state index is 0. The van der Waals surface area contributed by atoms with Gasteiger partial charge in [0.2, 0.25) is 0 Å². The van der Waals surface area contributed by atoms with Gasteiger partial charge in [0.05, 0.1) is 0 Å². The zero-order chi connectivity index (χ0) is 23.1. The fraction of sp³-hybridized carbons (Fsp3) is 0.290. The second-order valence-electron chi connectivity index (χ2n) is 10.3. The Balaban J connectivity index is 0.000000318. The number of hydrogen-bond acceptors (Lipinski definition) is 0. The van der Waals surface area contributed by atoms with Crippen LogP contribution in [0.2, 0.25) is 0 Å². The zero-order valence-corrected chi connectivity index (χ0v) is 24.9. The minimum absolute atomic E-state index is 0. The molecule has 3 aromatic carbocycles. The summed E-state index contributed by atoms with van der Waals surface area (Å²) in [7, 11) is 0. The number of benzene rings is 2. The first kappa shape index (κ1) is 28.8. The van der Waals surface area contributed by atoms with Gasteiger partial charge in [-0.25, -0.2) is 12.2 Å². The average Bonchev–Trinajstić information content (AvgIpc) is 3.48. The maximum atomic E-state index is 2.99. The van der Waals surface area contributed by atoms with Gasteiger partial charge < -0.3 is 24.8 Å². The molecule has 0 spiro atoms. The Morgan fingerprint density at radius 2 is 1.26 bits per heavy atom. The van der Waals surface area contributed by atoms with E-state index >= 15 is 0 Å². The Hall–Kier alpha value is -1.40. The number of rotatable bonds is 0. The van der Waals surface area contributed by atoms with Crippen LogP contribution in [0.4, 0.5) is 0 Å². The van der Waals surface area contributed by atoms with Gasteiger partial charge in [0.1, 0.15) is 0 Å². The van der Waals surface area contributed by atoms with Gasteiger partial charge in [0, 0.05) is 10.8 Å². The Morgan fingerprint density at radius 3 is 1.59 bits per heavy atom. The van der Waals surface area contributed by atoms with Gasteiger partial charge in [-0.15, -0.1) is 46.2 Å². The summed E-state index contributed by atoms with van der Waals surface area (Å²) in [6.07, 6.45) is 19.2. The van der Waals surface area contributed by atoms with E-state index in [0.29, 0.717) is 0 Å². The molecule has 0 nitrogen and oxygen atoms in total. The molecule has 0 saturated carbocycles. The molecule has 0 saturated heterocycles. The van der Waals surface area contributed by atoms with E-state index in [2.05, 4.69) is 108 Å². The summed E-state index contributed by atoms with van der Waals surface area (Å²) in [5.74, 6) is 0. The van der Waals surface area contributed by atoms with Gasteiger partial charge in [0.25, 0.3) is 0 Å². The van der Waals surface area contributed by atoms with E-state index in [-0.39, 0.29) is 35.6 Å². The van der Waals surface area contributed by atoms with Crippen molar-refractivity contribution in [3.63, 3.8) is 0 Å². The largest absolute Gasteiger partial charge is 1.00 e. The zero-order valence-electron chi connectivity index (χ0n) is 20.9. The van der Waals surface area contributed by atoms with Crippen LogP contribution in [-0.4, -0.2) is 3.21 Å². The van der Waals surface area contributed by atoms with E-state index in [1.54, 1.807) is 24.2 Å². The van der Waals surface area contributed by atoms with Crippen LogP contribution in [0.15, 0.2) is 60.7 Å². The van der Waals surface area contributed by atoms with Crippen LogP contribution in [0, 0.1) is 6.08 Å². The average molecular weight is 567 g/mol. The molecule has 0 unspecified atom stereocenters. The summed E-state index contributed by atoms with van der Waals surface area (Å²) >= 11 is 1.55. The monoisotopic (exact) mass is 564 g/mol. The quantitative estimate of drug-likeness (QED) is 0.367. The van der Waals surface area contributed by atoms with Crippen LogP contribution in [0.1, 0.15) is 70.2 Å². The third-order valence-electron chi connectivity index (χ3n) is 6.38. The topological polar surface area (TPSA) is 0 Å². The van der Waals surface area contributed by atoms with Crippen molar-refractivity contribution in [3.8, 4) is 0 Å². The summed E-state index contributed by atoms with van der Waals surface area (Å²) in [5.41, 5.74) is 5.97. The van der Waals surface area contributed by atoms with Crippen LogP contribution in [-0.2, 0) is 35.1 Å². The Bertz CT molecular complexity index is 1230. The molecule has 0 aliphatic heterocycles. The van der Waals surface area contributed by atoms with E-state index in [1.165, 1.54) is 47.0 Å². The molecule has 176 valence electrons. The molecule has 3 heteroatoms. The molecule has 0 radical (unpaired) electrons. The van der Waals surface area contributed by atoms with Crippen LogP contribution in [0.5, 0.6) is 0 Å². The fourth-order valence-electron chi connectivity index (χ4n) is 4.65. The standard InChI is InChI=1S/C23H21.C5H5.C3H6.2ClH.Zr/c1-22(2)7-5-14-10-18-16(12-20(14)22)9-17-13-21-15(11-19(17)18)6-8-23(21,3)4;1-2-4-5-3-1;1-3-2;;;/h5-13H,1-4H3;1-3H,4H2;1-2H3;2*1H;/q2*-1;;;;+2/p-2. The maximum absolute atomic E-state index is 2.99. The second-order valence-corrected chi connectivity index (χ2v) is 12.8. The molecule has 0 aromatic heterocycles. The molecule has 0 atom stereocenters. The van der Waals surface area contributed by atoms with E-state index in [4.69, 9.17) is 0 Å². The van der Waals surface area contributed by atoms with Crippen molar-refractivity contribution in [2.45, 2.75) is 58.8 Å². The van der Waals surface area contributed by atoms with Gasteiger partial charge >= 0.3 is 41.3 Å². The molecular weight excluding hydrogens is 534 g/mol. The molecule has 0 amide bonds. The summed E-state index contributed by atoms with van der Waals surface area (Å²) in [4.78, 5) is 0. The third-order valence-corrected chi connectivity index (χ3v) is 6.38. The predicted molar refractivity (Wildman–Crippen MR) is 139 cm³/mol. The van der Waals surface area contributed by atoms with Crippen molar-refractivity contribution in [2.24, 2.45) is 0 Å². The van der Waals surface area contributed by atoms with Crippen LogP contribution in [0.25, 0.3) is 33.7 Å². The van der Waals surface area contributed by atoms with E-state index in [1.807, 2.05) is 12.2 Å². The minimum Gasteiger partial charge on any atom is -1.00 e. The molecule has 0 bridgehead atoms. The fourth-order valence-corrected chi connectivity index (χ4v) is 4.65. The van der Waals surface area contributed by atoms with Gasteiger partial charge in [-0.2, -0.15) is 6.08 Å². The van der Waals surface area contributed by atoms with Crippen molar-refractivity contribution in [2.75, 3.05) is 0 Å². The summed E-state index contributed by atoms with van der Waals surface area (Å²) in [5, 5.41) is 5.53. The second kappa shape index (κ2) is 11.1. The summed E-state index contributed by atoms with van der Waals surface area (Å²) in [6.45, 7) is 13.4. The van der Waals surface area contributed by atoms with Crippen molar-refractivity contribution in [3.05, 3.63) is 89.0 Å². The van der Waals surface area contributed by atoms with Gasteiger partial charge in [0.15, 0.2) is 0 Å². The van der Waals surface area contributed by atoms with Gasteiger partial charge in [-0.05, 0) is 11.1 Å². The Labute approximate surface area is 232 Å². The van der Waals surface area contributed by atoms with Crippen LogP contribution in [0.3, 0.4) is 0 Å². The number of halogens is 2. The van der Waals surface area contributed by atoms with Crippen LogP contribution >= 0.6 is 0 Å². The van der Waals surface area contributed by atoms with E-state index in [0.717, 1.165) is 6.42 Å². The first-order valence-electron chi connectivity index (χ1n) is 11.4. The number of fused-ring (bicyclic) bond motifs is 5. The number of hydrogen-bond donors (Lipinski definition) is 0. The summed E-state index contributed by atoms with van der Waals surface area (Å²) < 4.78 is 1.51. The third kappa shape index (κ3) is 5.87. The molecule has 3 aliphatic rings. The van der Waals surface area contributed by atoms with Gasteiger partial charge in [-0.3, -0.25) is 6.08 Å². The molecule has 3 aromatic rings. The van der Waals surface area contributed by atoms with Crippen molar-refractivity contribution in [1.82, 2.24) is 0 Å². The Kier molecular flexibility index (Phi) is 9.43. The molecule has 6 rings (SSSR count). The smallest absolute Gasteiger partial charge is 0.109 e. The van der Waals surface area contributed by atoms with Crippen molar-refractivity contribution in [1.29, 1.82) is 0 Å². The summed E-state index contributed by atoms with van der Waals surface area (Å²) in [6, 6.07) is 11.9. The van der Waals surface area contributed by atoms with Gasteiger partial charge in [-0.1, -0.05) is 75.3 Å². The maximum Gasteiger partial charge on any atom is -0.109 e. The molecular formula is C31H32Cl2Zr-2. The van der Waals surface area contributed by atoms with Crippen molar-refractivity contribution >= 4 is 36.9 Å². The predicted octanol–water partition coefficient (Wildman–Crippen LogP) is 2.38.